The number of nitrogens with zero attached hydrogens (tertiary/aromatic N) is 2. The molecule has 1 aromatic heterocycles. The number of hydrogen-bond acceptors (Lipinski definition) is 5. The van der Waals surface area contributed by atoms with Crippen molar-refractivity contribution in [1.29, 1.82) is 5.26 Å². The Morgan fingerprint density at radius 3 is 2.33 bits per heavy atom. The summed E-state index contributed by atoms with van der Waals surface area (Å²) in [5, 5.41) is 9.61. The lowest BCUT2D eigenvalue weighted by Crippen LogP contribution is -2.09. The SMILES string of the molecule is N#Cc1c(Cl)cc(NN)nc1-c1ccc(Oc2ccccc2)cc1. The summed E-state index contributed by atoms with van der Waals surface area (Å²) in [6, 6.07) is 20.3. The van der Waals surface area contributed by atoms with E-state index in [-0.39, 0.29) is 0 Å². The highest BCUT2D eigenvalue weighted by Crippen LogP contribution is 2.31. The van der Waals surface area contributed by atoms with E-state index in [1.54, 1.807) is 0 Å². The first-order valence-corrected chi connectivity index (χ1v) is 7.49. The quantitative estimate of drug-likeness (QED) is 0.546. The highest BCUT2D eigenvalue weighted by atomic mass is 35.5. The lowest BCUT2D eigenvalue weighted by atomic mass is 10.1. The Balaban J connectivity index is 1.94. The number of pyridine rings is 1. The molecule has 3 rings (SSSR count). The van der Waals surface area contributed by atoms with Gasteiger partial charge in [0.15, 0.2) is 0 Å². The molecule has 2 aromatic carbocycles. The van der Waals surface area contributed by atoms with Crippen LogP contribution < -0.4 is 16.0 Å². The minimum atomic E-state index is 0.292. The fourth-order valence-corrected chi connectivity index (χ4v) is 2.44. The maximum absolute atomic E-state index is 9.32. The maximum atomic E-state index is 9.32. The molecule has 0 radical (unpaired) electrons. The van der Waals surface area contributed by atoms with Crippen LogP contribution in [-0.2, 0) is 0 Å². The standard InChI is InChI=1S/C18H13ClN4O/c19-16-10-17(23-21)22-18(15(16)11-20)12-6-8-14(9-7-12)24-13-4-2-1-3-5-13/h1-10H,21H2,(H,22,23). The van der Waals surface area contributed by atoms with Gasteiger partial charge in [-0.1, -0.05) is 29.8 Å². The fraction of sp³-hybridized carbons (Fsp3) is 0. The van der Waals surface area contributed by atoms with Gasteiger partial charge in [-0.3, -0.25) is 0 Å². The number of anilines is 1. The topological polar surface area (TPSA) is 84.0 Å². The van der Waals surface area contributed by atoms with Crippen LogP contribution in [0.5, 0.6) is 11.5 Å². The van der Waals surface area contributed by atoms with Crippen molar-refractivity contribution in [3.05, 3.63) is 71.2 Å². The Bertz CT molecular complexity index is 889. The van der Waals surface area contributed by atoms with Gasteiger partial charge in [0.05, 0.1) is 16.3 Å². The summed E-state index contributed by atoms with van der Waals surface area (Å²) in [7, 11) is 0. The molecule has 5 nitrogen and oxygen atoms in total. The first-order valence-electron chi connectivity index (χ1n) is 7.12. The number of rotatable bonds is 4. The van der Waals surface area contributed by atoms with Gasteiger partial charge in [-0.15, -0.1) is 0 Å². The molecule has 0 spiro atoms. The van der Waals surface area contributed by atoms with Gasteiger partial charge >= 0.3 is 0 Å². The van der Waals surface area contributed by atoms with E-state index in [0.29, 0.717) is 27.8 Å². The van der Waals surface area contributed by atoms with E-state index in [1.807, 2.05) is 54.6 Å². The number of ether oxygens (including phenoxy) is 1. The van der Waals surface area contributed by atoms with Gasteiger partial charge in [0.1, 0.15) is 23.4 Å². The third kappa shape index (κ3) is 3.30. The normalized spacial score (nSPS) is 10.0. The number of para-hydroxylation sites is 1. The van der Waals surface area contributed by atoms with Crippen molar-refractivity contribution in [1.82, 2.24) is 4.98 Å². The maximum Gasteiger partial charge on any atom is 0.142 e. The van der Waals surface area contributed by atoms with E-state index in [4.69, 9.17) is 22.2 Å². The Kier molecular flexibility index (Phi) is 4.62. The molecule has 0 saturated heterocycles. The summed E-state index contributed by atoms with van der Waals surface area (Å²) in [5.41, 5.74) is 3.95. The van der Waals surface area contributed by atoms with Crippen LogP contribution in [0.2, 0.25) is 5.02 Å². The molecule has 0 unspecified atom stereocenters. The van der Waals surface area contributed by atoms with E-state index in [0.717, 1.165) is 11.3 Å². The van der Waals surface area contributed by atoms with Crippen LogP contribution in [0.3, 0.4) is 0 Å². The molecule has 3 N–H and O–H groups in total. The van der Waals surface area contributed by atoms with Gasteiger partial charge in [0, 0.05) is 11.6 Å². The third-order valence-electron chi connectivity index (χ3n) is 3.34. The monoisotopic (exact) mass is 336 g/mol. The van der Waals surface area contributed by atoms with Crippen molar-refractivity contribution in [2.24, 2.45) is 5.84 Å². The molecule has 0 atom stereocenters. The molecule has 0 amide bonds. The van der Waals surface area contributed by atoms with Gasteiger partial charge in [-0.2, -0.15) is 5.26 Å². The molecular weight excluding hydrogens is 324 g/mol. The summed E-state index contributed by atoms with van der Waals surface area (Å²) >= 11 is 6.12. The number of benzene rings is 2. The number of nitrogens with two attached hydrogens (primary N) is 1. The third-order valence-corrected chi connectivity index (χ3v) is 3.64. The van der Waals surface area contributed by atoms with Crippen molar-refractivity contribution in [2.75, 3.05) is 5.43 Å². The van der Waals surface area contributed by atoms with Gasteiger partial charge in [-0.05, 0) is 36.4 Å². The molecule has 0 bridgehead atoms. The van der Waals surface area contributed by atoms with Crippen molar-refractivity contribution in [3.63, 3.8) is 0 Å². The predicted molar refractivity (Wildman–Crippen MR) is 93.7 cm³/mol. The molecule has 3 aromatic rings. The lowest BCUT2D eigenvalue weighted by Gasteiger charge is -2.10. The Morgan fingerprint density at radius 1 is 1.04 bits per heavy atom. The van der Waals surface area contributed by atoms with E-state index in [1.165, 1.54) is 6.07 Å². The summed E-state index contributed by atoms with van der Waals surface area (Å²) in [6.07, 6.45) is 0. The van der Waals surface area contributed by atoms with E-state index < -0.39 is 0 Å². The lowest BCUT2D eigenvalue weighted by molar-refractivity contribution is 0.483. The molecule has 1 heterocycles. The number of nitrogens with one attached hydrogen (secondary N) is 1. The van der Waals surface area contributed by atoms with E-state index in [9.17, 15) is 5.26 Å². The number of hydrazine groups is 1. The minimum Gasteiger partial charge on any atom is -0.457 e. The van der Waals surface area contributed by atoms with E-state index >= 15 is 0 Å². The van der Waals surface area contributed by atoms with Crippen LogP contribution in [0, 0.1) is 11.3 Å². The van der Waals surface area contributed by atoms with Gasteiger partial charge in [0.25, 0.3) is 0 Å². The van der Waals surface area contributed by atoms with E-state index in [2.05, 4.69) is 16.5 Å². The highest BCUT2D eigenvalue weighted by molar-refractivity contribution is 6.32. The largest absolute Gasteiger partial charge is 0.457 e. The number of halogens is 1. The van der Waals surface area contributed by atoms with Crippen molar-refractivity contribution in [3.8, 4) is 28.8 Å². The molecule has 118 valence electrons. The molecule has 0 aliphatic rings. The average Bonchev–Trinajstić information content (AvgIpc) is 2.62. The molecule has 0 fully saturated rings. The Morgan fingerprint density at radius 2 is 1.71 bits per heavy atom. The van der Waals surface area contributed by atoms with Crippen LogP contribution in [0.15, 0.2) is 60.7 Å². The zero-order valence-corrected chi connectivity index (χ0v) is 13.3. The zero-order chi connectivity index (χ0) is 16.9. The highest BCUT2D eigenvalue weighted by Gasteiger charge is 2.13. The van der Waals surface area contributed by atoms with Crippen molar-refractivity contribution >= 4 is 17.4 Å². The molecule has 6 heteroatoms. The fourth-order valence-electron chi connectivity index (χ4n) is 2.21. The minimum absolute atomic E-state index is 0.292. The van der Waals surface area contributed by atoms with Crippen LogP contribution in [-0.4, -0.2) is 4.98 Å². The van der Waals surface area contributed by atoms with Crippen LogP contribution in [0.1, 0.15) is 5.56 Å². The van der Waals surface area contributed by atoms with Gasteiger partial charge < -0.3 is 10.2 Å². The molecule has 0 aliphatic heterocycles. The number of nitrogen functional groups attached to an aromatic ring is 1. The molecule has 0 aliphatic carbocycles. The summed E-state index contributed by atoms with van der Waals surface area (Å²) in [6.45, 7) is 0. The number of hydrogen-bond donors (Lipinski definition) is 2. The van der Waals surface area contributed by atoms with Crippen LogP contribution in [0.4, 0.5) is 5.82 Å². The van der Waals surface area contributed by atoms with Gasteiger partial charge in [-0.25, -0.2) is 10.8 Å². The first-order chi connectivity index (χ1) is 11.7. The zero-order valence-electron chi connectivity index (χ0n) is 12.5. The molecule has 24 heavy (non-hydrogen) atoms. The Labute approximate surface area is 144 Å². The second kappa shape index (κ2) is 7.01. The smallest absolute Gasteiger partial charge is 0.142 e. The number of nitriles is 1. The second-order valence-electron chi connectivity index (χ2n) is 4.91. The predicted octanol–water partition coefficient (Wildman–Crippen LogP) is 4.35. The second-order valence-corrected chi connectivity index (χ2v) is 5.32. The first kappa shape index (κ1) is 15.8. The summed E-state index contributed by atoms with van der Waals surface area (Å²) in [4.78, 5) is 4.32. The molecule has 0 saturated carbocycles. The van der Waals surface area contributed by atoms with Crippen LogP contribution in [0.25, 0.3) is 11.3 Å². The Hall–Kier alpha value is -3.07. The van der Waals surface area contributed by atoms with Gasteiger partial charge in [0.2, 0.25) is 0 Å². The molecular formula is C18H13ClN4O. The summed E-state index contributed by atoms with van der Waals surface area (Å²) in [5.74, 6) is 7.21. The summed E-state index contributed by atoms with van der Waals surface area (Å²) < 4.78 is 5.75. The van der Waals surface area contributed by atoms with Crippen LogP contribution >= 0.6 is 11.6 Å². The average molecular weight is 337 g/mol. The van der Waals surface area contributed by atoms with Crippen molar-refractivity contribution in [2.45, 2.75) is 0 Å². The van der Waals surface area contributed by atoms with Crippen molar-refractivity contribution < 1.29 is 4.74 Å². The number of aromatic nitrogens is 1.